The summed E-state index contributed by atoms with van der Waals surface area (Å²) in [5.74, 6) is -0.796. The summed E-state index contributed by atoms with van der Waals surface area (Å²) in [6.45, 7) is 1.47. The summed E-state index contributed by atoms with van der Waals surface area (Å²) < 4.78 is 0. The van der Waals surface area contributed by atoms with Crippen LogP contribution in [-0.4, -0.2) is 21.6 Å². The van der Waals surface area contributed by atoms with Crippen molar-refractivity contribution in [2.45, 2.75) is 12.5 Å². The van der Waals surface area contributed by atoms with Crippen molar-refractivity contribution in [1.29, 1.82) is 0 Å². The van der Waals surface area contributed by atoms with Crippen molar-refractivity contribution in [2.24, 2.45) is 5.92 Å². The number of hydrogen-bond donors (Lipinski definition) is 2. The van der Waals surface area contributed by atoms with E-state index >= 15 is 0 Å². The molecule has 0 amide bonds. The topological polar surface area (TPSA) is 57.5 Å². The van der Waals surface area contributed by atoms with Gasteiger partial charge in [0.15, 0.2) is 5.78 Å². The maximum absolute atomic E-state index is 12.1. The fourth-order valence-corrected chi connectivity index (χ4v) is 1.73. The Morgan fingerprint density at radius 1 is 1.29 bits per heavy atom. The largest absolute Gasteiger partial charge is 0.509 e. The Morgan fingerprint density at radius 3 is 2.53 bits per heavy atom. The molecule has 17 heavy (non-hydrogen) atoms. The minimum atomic E-state index is -1.37. The monoisotopic (exact) mass is 230 g/mol. The highest BCUT2D eigenvalue weighted by molar-refractivity contribution is 6.00. The molecule has 2 unspecified atom stereocenters. The van der Waals surface area contributed by atoms with Crippen LogP contribution in [-0.2, 0) is 0 Å². The highest BCUT2D eigenvalue weighted by atomic mass is 16.3. The molecule has 0 saturated heterocycles. The van der Waals surface area contributed by atoms with E-state index in [0.29, 0.717) is 5.56 Å². The molecule has 1 aliphatic carbocycles. The van der Waals surface area contributed by atoms with Crippen LogP contribution in [0.3, 0.4) is 0 Å². The van der Waals surface area contributed by atoms with Crippen LogP contribution in [0.1, 0.15) is 17.3 Å². The van der Waals surface area contributed by atoms with Gasteiger partial charge in [-0.1, -0.05) is 36.4 Å². The molecule has 88 valence electrons. The molecule has 0 aromatic heterocycles. The number of benzene rings is 1. The zero-order valence-corrected chi connectivity index (χ0v) is 9.50. The van der Waals surface area contributed by atoms with Gasteiger partial charge in [-0.3, -0.25) is 4.79 Å². The maximum Gasteiger partial charge on any atom is 0.173 e. The summed E-state index contributed by atoms with van der Waals surface area (Å²) in [4.78, 5) is 12.1. The van der Waals surface area contributed by atoms with Crippen LogP contribution in [0, 0.1) is 5.92 Å². The van der Waals surface area contributed by atoms with Crippen molar-refractivity contribution < 1.29 is 15.0 Å². The Labute approximate surface area is 99.7 Å². The zero-order chi connectivity index (χ0) is 12.5. The third-order valence-electron chi connectivity index (χ3n) is 2.85. The van der Waals surface area contributed by atoms with Crippen LogP contribution in [0.15, 0.2) is 54.3 Å². The molecule has 0 spiro atoms. The van der Waals surface area contributed by atoms with E-state index in [4.69, 9.17) is 0 Å². The van der Waals surface area contributed by atoms with Gasteiger partial charge in [-0.25, -0.2) is 0 Å². The Balaban J connectivity index is 2.25. The smallest absolute Gasteiger partial charge is 0.173 e. The van der Waals surface area contributed by atoms with Crippen LogP contribution in [0.25, 0.3) is 0 Å². The lowest BCUT2D eigenvalue weighted by molar-refractivity contribution is 0.0875. The lowest BCUT2D eigenvalue weighted by Crippen LogP contribution is -2.29. The first-order chi connectivity index (χ1) is 8.00. The Bertz CT molecular complexity index is 483. The third kappa shape index (κ3) is 2.29. The van der Waals surface area contributed by atoms with E-state index in [0.717, 1.165) is 0 Å². The SMILES string of the molecule is CC1(O)C=CC(C(=O)c2ccccc2)C=C1O. The quantitative estimate of drug-likeness (QED) is 0.605. The Hall–Kier alpha value is -1.87. The second-order valence-corrected chi connectivity index (χ2v) is 4.31. The maximum atomic E-state index is 12.1. The number of allylic oxidation sites excluding steroid dienone is 2. The molecule has 3 nitrogen and oxygen atoms in total. The first-order valence-corrected chi connectivity index (χ1v) is 5.43. The summed E-state index contributed by atoms with van der Waals surface area (Å²) in [5, 5.41) is 19.3. The number of ketones is 1. The average Bonchev–Trinajstić information content (AvgIpc) is 2.33. The molecule has 0 aliphatic heterocycles. The lowest BCUT2D eigenvalue weighted by Gasteiger charge is -2.24. The molecular formula is C14H14O3. The van der Waals surface area contributed by atoms with E-state index in [1.807, 2.05) is 6.07 Å². The second-order valence-electron chi connectivity index (χ2n) is 4.31. The summed E-state index contributed by atoms with van der Waals surface area (Å²) in [7, 11) is 0. The van der Waals surface area contributed by atoms with E-state index in [2.05, 4.69) is 0 Å². The van der Waals surface area contributed by atoms with Gasteiger partial charge in [0.1, 0.15) is 11.4 Å². The van der Waals surface area contributed by atoms with Crippen molar-refractivity contribution in [2.75, 3.05) is 0 Å². The van der Waals surface area contributed by atoms with Crippen molar-refractivity contribution in [3.63, 3.8) is 0 Å². The highest BCUT2D eigenvalue weighted by Gasteiger charge is 2.29. The van der Waals surface area contributed by atoms with Gasteiger partial charge >= 0.3 is 0 Å². The number of hydrogen-bond acceptors (Lipinski definition) is 3. The minimum Gasteiger partial charge on any atom is -0.509 e. The molecule has 1 aromatic rings. The molecule has 0 fully saturated rings. The van der Waals surface area contributed by atoms with Gasteiger partial charge in [0, 0.05) is 5.56 Å². The summed E-state index contributed by atoms with van der Waals surface area (Å²) in [6, 6.07) is 8.88. The number of rotatable bonds is 2. The first kappa shape index (κ1) is 11.6. The predicted molar refractivity (Wildman–Crippen MR) is 64.7 cm³/mol. The minimum absolute atomic E-state index is 0.0936. The molecule has 1 aromatic carbocycles. The molecule has 2 atom stereocenters. The Kier molecular flexibility index (Phi) is 2.86. The van der Waals surface area contributed by atoms with Crippen molar-refractivity contribution in [1.82, 2.24) is 0 Å². The van der Waals surface area contributed by atoms with E-state index in [1.54, 1.807) is 30.3 Å². The van der Waals surface area contributed by atoms with E-state index in [9.17, 15) is 15.0 Å². The van der Waals surface area contributed by atoms with Gasteiger partial charge in [0.25, 0.3) is 0 Å². The van der Waals surface area contributed by atoms with E-state index in [-0.39, 0.29) is 11.5 Å². The fourth-order valence-electron chi connectivity index (χ4n) is 1.73. The molecular weight excluding hydrogens is 216 g/mol. The average molecular weight is 230 g/mol. The number of aliphatic hydroxyl groups excluding tert-OH is 1. The van der Waals surface area contributed by atoms with Gasteiger partial charge in [-0.2, -0.15) is 0 Å². The zero-order valence-electron chi connectivity index (χ0n) is 9.50. The number of carbonyl (C=O) groups is 1. The third-order valence-corrected chi connectivity index (χ3v) is 2.85. The lowest BCUT2D eigenvalue weighted by atomic mass is 9.87. The standard InChI is InChI=1S/C14H14O3/c1-14(17)8-7-11(9-12(14)15)13(16)10-5-3-2-4-6-10/h2-9,11,15,17H,1H3. The summed E-state index contributed by atoms with van der Waals surface area (Å²) in [6.07, 6.45) is 4.43. The molecule has 0 saturated carbocycles. The van der Waals surface area contributed by atoms with Crippen LogP contribution in [0.5, 0.6) is 0 Å². The molecule has 2 rings (SSSR count). The van der Waals surface area contributed by atoms with Crippen molar-refractivity contribution in [3.8, 4) is 0 Å². The van der Waals surface area contributed by atoms with Crippen molar-refractivity contribution >= 4 is 5.78 Å². The van der Waals surface area contributed by atoms with Gasteiger partial charge in [-0.15, -0.1) is 0 Å². The van der Waals surface area contributed by atoms with Gasteiger partial charge in [0.05, 0.1) is 5.92 Å². The summed E-state index contributed by atoms with van der Waals surface area (Å²) >= 11 is 0. The first-order valence-electron chi connectivity index (χ1n) is 5.43. The highest BCUT2D eigenvalue weighted by Crippen LogP contribution is 2.25. The Morgan fingerprint density at radius 2 is 1.94 bits per heavy atom. The van der Waals surface area contributed by atoms with Crippen LogP contribution in [0.2, 0.25) is 0 Å². The van der Waals surface area contributed by atoms with Gasteiger partial charge in [-0.05, 0) is 19.1 Å². The molecule has 3 heteroatoms. The van der Waals surface area contributed by atoms with Gasteiger partial charge in [0.2, 0.25) is 0 Å². The number of Topliss-reactive ketones (excluding diaryl/α,β-unsaturated/α-hetero) is 1. The molecule has 2 N–H and O–H groups in total. The second kappa shape index (κ2) is 4.18. The fraction of sp³-hybridized carbons (Fsp3) is 0.214. The van der Waals surface area contributed by atoms with E-state index < -0.39 is 11.5 Å². The number of carbonyl (C=O) groups excluding carboxylic acids is 1. The summed E-state index contributed by atoms with van der Waals surface area (Å²) in [5.41, 5.74) is -0.777. The van der Waals surface area contributed by atoms with Gasteiger partial charge < -0.3 is 10.2 Å². The van der Waals surface area contributed by atoms with E-state index in [1.165, 1.54) is 19.1 Å². The number of aliphatic hydroxyl groups is 2. The van der Waals surface area contributed by atoms with Crippen molar-refractivity contribution in [3.05, 3.63) is 59.9 Å². The van der Waals surface area contributed by atoms with Crippen LogP contribution >= 0.6 is 0 Å². The predicted octanol–water partition coefficient (Wildman–Crippen LogP) is 2.25. The van der Waals surface area contributed by atoms with Crippen LogP contribution < -0.4 is 0 Å². The molecule has 0 radical (unpaired) electrons. The molecule has 0 heterocycles. The van der Waals surface area contributed by atoms with Crippen LogP contribution in [0.4, 0.5) is 0 Å². The normalized spacial score (nSPS) is 27.6. The molecule has 1 aliphatic rings. The molecule has 0 bridgehead atoms.